The molecule has 0 heterocycles. The van der Waals surface area contributed by atoms with Crippen LogP contribution in [0, 0.1) is 5.92 Å². The van der Waals surface area contributed by atoms with Gasteiger partial charge < -0.3 is 19.7 Å². The Balaban J connectivity index is 1.48. The van der Waals surface area contributed by atoms with Gasteiger partial charge in [0, 0.05) is 6.42 Å². The van der Waals surface area contributed by atoms with Crippen molar-refractivity contribution < 1.29 is 24.5 Å². The largest absolute Gasteiger partial charge is 0.497 e. The van der Waals surface area contributed by atoms with Crippen molar-refractivity contribution in [1.29, 1.82) is 0 Å². The van der Waals surface area contributed by atoms with E-state index in [4.69, 9.17) is 9.47 Å². The molecule has 0 saturated carbocycles. The third-order valence-corrected chi connectivity index (χ3v) is 7.40. The van der Waals surface area contributed by atoms with E-state index in [1.165, 1.54) is 32.1 Å². The van der Waals surface area contributed by atoms with Crippen molar-refractivity contribution in [2.45, 2.75) is 75.9 Å². The van der Waals surface area contributed by atoms with Crippen LogP contribution in [0.5, 0.6) is 5.75 Å². The van der Waals surface area contributed by atoms with E-state index in [1.54, 1.807) is 31.4 Å². The Hall–Kier alpha value is -2.37. The molecule has 0 aliphatic heterocycles. The lowest BCUT2D eigenvalue weighted by Gasteiger charge is -2.53. The fourth-order valence-corrected chi connectivity index (χ4v) is 5.59. The molecule has 0 amide bonds. The second kappa shape index (κ2) is 9.86. The summed E-state index contributed by atoms with van der Waals surface area (Å²) in [7, 11) is 1.57. The maximum Gasteiger partial charge on any atom is 0.312 e. The summed E-state index contributed by atoms with van der Waals surface area (Å²) in [5.74, 6) is -0.716. The Morgan fingerprint density at radius 3 is 2.24 bits per heavy atom. The molecule has 2 N–H and O–H groups in total. The maximum absolute atomic E-state index is 13.2. The molecule has 2 aromatic rings. The van der Waals surface area contributed by atoms with Crippen molar-refractivity contribution in [3.05, 3.63) is 64.7 Å². The topological polar surface area (TPSA) is 76.0 Å². The van der Waals surface area contributed by atoms with E-state index in [0.717, 1.165) is 19.3 Å². The Kier molecular flexibility index (Phi) is 7.10. The Labute approximate surface area is 196 Å². The zero-order valence-corrected chi connectivity index (χ0v) is 19.8. The van der Waals surface area contributed by atoms with Crippen molar-refractivity contribution in [1.82, 2.24) is 0 Å². The zero-order chi connectivity index (χ0) is 23.5. The quantitative estimate of drug-likeness (QED) is 0.363. The molecule has 178 valence electrons. The smallest absolute Gasteiger partial charge is 0.312 e. The monoisotopic (exact) mass is 452 g/mol. The predicted octanol–water partition coefficient (Wildman–Crippen LogP) is 5.18. The third kappa shape index (κ3) is 4.17. The minimum Gasteiger partial charge on any atom is -0.497 e. The summed E-state index contributed by atoms with van der Waals surface area (Å²) in [6.07, 6.45) is 9.42. The summed E-state index contributed by atoms with van der Waals surface area (Å²) in [6, 6.07) is 12.6. The van der Waals surface area contributed by atoms with Crippen LogP contribution in [0.1, 0.15) is 87.0 Å². The first-order valence-electron chi connectivity index (χ1n) is 12.4. The molecule has 0 saturated heterocycles. The summed E-state index contributed by atoms with van der Waals surface area (Å²) in [5.41, 5.74) is -0.572. The fraction of sp³-hybridized carbons (Fsp3) is 0.536. The summed E-state index contributed by atoms with van der Waals surface area (Å²) in [5, 5.41) is 23.9. The molecular formula is C28H36O5. The van der Waals surface area contributed by atoms with Crippen molar-refractivity contribution in [3.8, 4) is 5.75 Å². The normalized spacial score (nSPS) is 24.8. The Bertz CT molecular complexity index is 986. The van der Waals surface area contributed by atoms with Crippen LogP contribution in [0.25, 0.3) is 0 Å². The number of carbonyl (C=O) groups is 1. The molecule has 2 bridgehead atoms. The van der Waals surface area contributed by atoms with Gasteiger partial charge in [-0.15, -0.1) is 0 Å². The molecule has 3 aliphatic rings. The van der Waals surface area contributed by atoms with E-state index >= 15 is 0 Å². The average molecular weight is 453 g/mol. The van der Waals surface area contributed by atoms with E-state index in [-0.39, 0.29) is 6.42 Å². The minimum atomic E-state index is -1.54. The van der Waals surface area contributed by atoms with Crippen LogP contribution in [0.15, 0.2) is 42.5 Å². The SMILES string of the molecule is CCCCCCCCCCOC(=O)C1CC2(O)c3ccccc3C1(O)c1ccc(OC)cc12. The van der Waals surface area contributed by atoms with Gasteiger partial charge in [0.05, 0.1) is 19.6 Å². The van der Waals surface area contributed by atoms with Gasteiger partial charge in [-0.2, -0.15) is 0 Å². The van der Waals surface area contributed by atoms with Gasteiger partial charge in [-0.25, -0.2) is 0 Å². The highest BCUT2D eigenvalue weighted by Gasteiger charge is 2.62. The molecule has 0 fully saturated rings. The van der Waals surface area contributed by atoms with Crippen LogP contribution in [0.3, 0.4) is 0 Å². The number of fused-ring (bicyclic) bond motifs is 1. The van der Waals surface area contributed by atoms with Crippen molar-refractivity contribution in [2.75, 3.05) is 13.7 Å². The number of hydrogen-bond donors (Lipinski definition) is 2. The maximum atomic E-state index is 13.2. The number of ether oxygens (including phenoxy) is 2. The number of rotatable bonds is 11. The van der Waals surface area contributed by atoms with Gasteiger partial charge in [0.15, 0.2) is 0 Å². The van der Waals surface area contributed by atoms with Gasteiger partial charge >= 0.3 is 5.97 Å². The van der Waals surface area contributed by atoms with Crippen LogP contribution in [-0.2, 0) is 20.7 Å². The van der Waals surface area contributed by atoms with E-state index in [0.29, 0.717) is 34.6 Å². The number of esters is 1. The number of hydrogen-bond acceptors (Lipinski definition) is 5. The van der Waals surface area contributed by atoms with Crippen molar-refractivity contribution >= 4 is 5.97 Å². The molecule has 5 rings (SSSR count). The second-order valence-electron chi connectivity index (χ2n) is 9.48. The summed E-state index contributed by atoms with van der Waals surface area (Å²) >= 11 is 0. The van der Waals surface area contributed by atoms with Crippen molar-refractivity contribution in [3.63, 3.8) is 0 Å². The predicted molar refractivity (Wildman–Crippen MR) is 127 cm³/mol. The average Bonchev–Trinajstić information content (AvgIpc) is 2.84. The highest BCUT2D eigenvalue weighted by atomic mass is 16.5. The molecule has 3 unspecified atom stereocenters. The molecule has 5 heteroatoms. The molecule has 3 aliphatic carbocycles. The standard InChI is InChI=1S/C28H36O5/c1-3-4-5-6-7-8-9-12-17-33-26(29)25-19-27(30)21-13-10-11-14-22(21)28(25,31)23-16-15-20(32-2)18-24(23)27/h10-11,13-16,18,25,30-31H,3-9,12,17,19H2,1-2H3. The van der Waals surface area contributed by atoms with Gasteiger partial charge in [0.2, 0.25) is 0 Å². The molecule has 0 radical (unpaired) electrons. The van der Waals surface area contributed by atoms with E-state index < -0.39 is 23.1 Å². The van der Waals surface area contributed by atoms with Crippen LogP contribution in [-0.4, -0.2) is 29.9 Å². The number of carbonyl (C=O) groups excluding carboxylic acids is 1. The first-order chi connectivity index (χ1) is 16.0. The van der Waals surface area contributed by atoms with Gasteiger partial charge in [-0.3, -0.25) is 4.79 Å². The van der Waals surface area contributed by atoms with Gasteiger partial charge in [0.25, 0.3) is 0 Å². The molecule has 0 aromatic heterocycles. The van der Waals surface area contributed by atoms with E-state index in [9.17, 15) is 15.0 Å². The van der Waals surface area contributed by atoms with Crippen LogP contribution >= 0.6 is 0 Å². The first-order valence-corrected chi connectivity index (χ1v) is 12.4. The lowest BCUT2D eigenvalue weighted by atomic mass is 9.54. The molecule has 0 spiro atoms. The fourth-order valence-electron chi connectivity index (χ4n) is 5.59. The molecule has 33 heavy (non-hydrogen) atoms. The second-order valence-corrected chi connectivity index (χ2v) is 9.48. The van der Waals surface area contributed by atoms with Crippen LogP contribution < -0.4 is 4.74 Å². The summed E-state index contributed by atoms with van der Waals surface area (Å²) in [6.45, 7) is 2.56. The Morgan fingerprint density at radius 1 is 0.909 bits per heavy atom. The number of methoxy groups -OCH3 is 1. The van der Waals surface area contributed by atoms with E-state index in [2.05, 4.69) is 6.92 Å². The third-order valence-electron chi connectivity index (χ3n) is 7.40. The number of unbranched alkanes of at least 4 members (excludes halogenated alkanes) is 7. The first kappa shape index (κ1) is 23.8. The Morgan fingerprint density at radius 2 is 1.55 bits per heavy atom. The summed E-state index contributed by atoms with van der Waals surface area (Å²) in [4.78, 5) is 13.2. The zero-order valence-electron chi connectivity index (χ0n) is 19.8. The highest BCUT2D eigenvalue weighted by molar-refractivity contribution is 5.79. The van der Waals surface area contributed by atoms with E-state index in [1.807, 2.05) is 18.2 Å². The van der Waals surface area contributed by atoms with Gasteiger partial charge in [0.1, 0.15) is 17.0 Å². The van der Waals surface area contributed by atoms with Gasteiger partial charge in [-0.05, 0) is 40.8 Å². The van der Waals surface area contributed by atoms with Crippen LogP contribution in [0.4, 0.5) is 0 Å². The number of benzene rings is 2. The molecule has 3 atom stereocenters. The summed E-state index contributed by atoms with van der Waals surface area (Å²) < 4.78 is 11.0. The number of aliphatic hydroxyl groups is 2. The highest BCUT2D eigenvalue weighted by Crippen LogP contribution is 2.60. The molecule has 5 nitrogen and oxygen atoms in total. The van der Waals surface area contributed by atoms with Crippen LogP contribution in [0.2, 0.25) is 0 Å². The molecule has 2 aromatic carbocycles. The van der Waals surface area contributed by atoms with Crippen molar-refractivity contribution in [2.24, 2.45) is 5.92 Å². The lowest BCUT2D eigenvalue weighted by Crippen LogP contribution is -2.57. The van der Waals surface area contributed by atoms with Gasteiger partial charge in [-0.1, -0.05) is 82.2 Å². The minimum absolute atomic E-state index is 0.0803. The lowest BCUT2D eigenvalue weighted by molar-refractivity contribution is -0.167. The molecular weight excluding hydrogens is 416 g/mol.